The molecule has 0 spiro atoms. The van der Waals surface area contributed by atoms with Crippen LogP contribution in [-0.4, -0.2) is 19.3 Å². The summed E-state index contributed by atoms with van der Waals surface area (Å²) in [6, 6.07) is 8.71. The lowest BCUT2D eigenvalue weighted by molar-refractivity contribution is 0.0945. The third-order valence-electron chi connectivity index (χ3n) is 2.66. The Balaban J connectivity index is 2.11. The van der Waals surface area contributed by atoms with Gasteiger partial charge in [-0.1, -0.05) is 40.9 Å². The van der Waals surface area contributed by atoms with Crippen molar-refractivity contribution in [1.82, 2.24) is 15.2 Å². The third-order valence-corrected chi connectivity index (χ3v) is 4.31. The molecule has 1 amide bonds. The van der Waals surface area contributed by atoms with Crippen LogP contribution in [0.4, 0.5) is 0 Å². The molecular weight excluding hydrogens is 349 g/mol. The van der Waals surface area contributed by atoms with E-state index in [1.165, 1.54) is 24.3 Å². The van der Waals surface area contributed by atoms with Crippen molar-refractivity contribution in [3.63, 3.8) is 0 Å². The van der Waals surface area contributed by atoms with Gasteiger partial charge in [0.05, 0.1) is 4.90 Å². The normalized spacial score (nSPS) is 11.2. The van der Waals surface area contributed by atoms with Gasteiger partial charge in [0.1, 0.15) is 10.3 Å². The Kier molecular flexibility index (Phi) is 5.02. The molecule has 0 aliphatic rings. The van der Waals surface area contributed by atoms with Gasteiger partial charge in [-0.25, -0.2) is 13.4 Å². The number of rotatable bonds is 4. The lowest BCUT2D eigenvalue weighted by atomic mass is 10.2. The van der Waals surface area contributed by atoms with Gasteiger partial charge in [0.25, 0.3) is 15.9 Å². The predicted octanol–water partition coefficient (Wildman–Crippen LogP) is 2.32. The number of aryl methyl sites for hydroxylation is 1. The van der Waals surface area contributed by atoms with Crippen LogP contribution < -0.4 is 10.3 Å². The van der Waals surface area contributed by atoms with Crippen molar-refractivity contribution in [2.75, 3.05) is 0 Å². The molecule has 2 rings (SSSR count). The summed E-state index contributed by atoms with van der Waals surface area (Å²) >= 11 is 11.4. The van der Waals surface area contributed by atoms with E-state index in [1.807, 2.05) is 11.8 Å². The standard InChI is InChI=1S/C13H11Cl2N3O3S/c1-8-2-4-10(5-3-8)22(20,21)18-17-13(19)9-6-11(14)16-12(15)7-9/h2-7,18H,1H3,(H,17,19). The Morgan fingerprint density at radius 3 is 2.18 bits per heavy atom. The van der Waals surface area contributed by atoms with Gasteiger partial charge in [-0.3, -0.25) is 10.2 Å². The Labute approximate surface area is 137 Å². The molecule has 0 saturated carbocycles. The summed E-state index contributed by atoms with van der Waals surface area (Å²) < 4.78 is 24.0. The van der Waals surface area contributed by atoms with E-state index >= 15 is 0 Å². The van der Waals surface area contributed by atoms with E-state index in [2.05, 4.69) is 10.4 Å². The SMILES string of the molecule is Cc1ccc(S(=O)(=O)NNC(=O)c2cc(Cl)nc(Cl)c2)cc1. The number of hydrogen-bond donors (Lipinski definition) is 2. The fourth-order valence-electron chi connectivity index (χ4n) is 1.56. The van der Waals surface area contributed by atoms with Crippen LogP contribution in [0.2, 0.25) is 10.3 Å². The van der Waals surface area contributed by atoms with Crippen molar-refractivity contribution in [3.8, 4) is 0 Å². The van der Waals surface area contributed by atoms with Gasteiger partial charge in [0, 0.05) is 5.56 Å². The van der Waals surface area contributed by atoms with Crippen LogP contribution in [0.15, 0.2) is 41.3 Å². The number of hydrazine groups is 1. The van der Waals surface area contributed by atoms with E-state index < -0.39 is 15.9 Å². The number of sulfonamides is 1. The topological polar surface area (TPSA) is 88.2 Å². The monoisotopic (exact) mass is 359 g/mol. The molecule has 22 heavy (non-hydrogen) atoms. The molecule has 0 aliphatic carbocycles. The maximum atomic E-state index is 12.0. The van der Waals surface area contributed by atoms with Crippen LogP contribution in [0.3, 0.4) is 0 Å². The minimum Gasteiger partial charge on any atom is -0.273 e. The molecule has 2 N–H and O–H groups in total. The summed E-state index contributed by atoms with van der Waals surface area (Å²) in [5.74, 6) is -0.707. The van der Waals surface area contributed by atoms with Gasteiger partial charge in [-0.15, -0.1) is 4.83 Å². The fourth-order valence-corrected chi connectivity index (χ4v) is 2.86. The first-order valence-electron chi connectivity index (χ1n) is 6.00. The second kappa shape index (κ2) is 6.62. The number of pyridine rings is 1. The van der Waals surface area contributed by atoms with Crippen LogP contribution in [0, 0.1) is 6.92 Å². The van der Waals surface area contributed by atoms with E-state index in [1.54, 1.807) is 12.1 Å². The smallest absolute Gasteiger partial charge is 0.266 e. The number of halogens is 2. The van der Waals surface area contributed by atoms with Crippen molar-refractivity contribution in [1.29, 1.82) is 0 Å². The quantitative estimate of drug-likeness (QED) is 0.647. The molecule has 0 saturated heterocycles. The number of aromatic nitrogens is 1. The molecule has 0 fully saturated rings. The number of nitrogens with zero attached hydrogens (tertiary/aromatic N) is 1. The number of amides is 1. The number of hydrogen-bond acceptors (Lipinski definition) is 4. The molecule has 9 heteroatoms. The number of carbonyl (C=O) groups excluding carboxylic acids is 1. The predicted molar refractivity (Wildman–Crippen MR) is 83.2 cm³/mol. The largest absolute Gasteiger partial charge is 0.273 e. The van der Waals surface area contributed by atoms with Crippen LogP contribution in [0.1, 0.15) is 15.9 Å². The van der Waals surface area contributed by atoms with Gasteiger partial charge in [0.2, 0.25) is 0 Å². The zero-order valence-corrected chi connectivity index (χ0v) is 13.6. The van der Waals surface area contributed by atoms with Crippen LogP contribution >= 0.6 is 23.2 Å². The average molecular weight is 360 g/mol. The molecule has 6 nitrogen and oxygen atoms in total. The first-order valence-corrected chi connectivity index (χ1v) is 8.24. The molecule has 2 aromatic rings. The molecule has 116 valence electrons. The number of nitrogens with one attached hydrogen (secondary N) is 2. The number of benzene rings is 1. The highest BCUT2D eigenvalue weighted by molar-refractivity contribution is 7.89. The Morgan fingerprint density at radius 1 is 1.09 bits per heavy atom. The summed E-state index contributed by atoms with van der Waals surface area (Å²) in [4.78, 5) is 17.6. The first kappa shape index (κ1) is 16.7. The first-order chi connectivity index (χ1) is 10.3. The molecule has 1 aromatic carbocycles. The fraction of sp³-hybridized carbons (Fsp3) is 0.0769. The van der Waals surface area contributed by atoms with Crippen molar-refractivity contribution in [3.05, 3.63) is 57.8 Å². The van der Waals surface area contributed by atoms with Crippen molar-refractivity contribution < 1.29 is 13.2 Å². The summed E-state index contributed by atoms with van der Waals surface area (Å²) in [6.07, 6.45) is 0. The molecule has 1 heterocycles. The lowest BCUT2D eigenvalue weighted by Crippen LogP contribution is -2.41. The summed E-state index contributed by atoms with van der Waals surface area (Å²) in [5.41, 5.74) is 3.09. The van der Waals surface area contributed by atoms with Gasteiger partial charge >= 0.3 is 0 Å². The molecule has 0 aliphatic heterocycles. The second-order valence-corrected chi connectivity index (χ2v) is 6.83. The van der Waals surface area contributed by atoms with E-state index in [0.29, 0.717) is 0 Å². The summed E-state index contributed by atoms with van der Waals surface area (Å²) in [7, 11) is -3.86. The second-order valence-electron chi connectivity index (χ2n) is 4.37. The molecule has 0 atom stereocenters. The maximum absolute atomic E-state index is 12.0. The zero-order chi connectivity index (χ0) is 16.3. The Bertz CT molecular complexity index is 788. The van der Waals surface area contributed by atoms with Crippen molar-refractivity contribution in [2.45, 2.75) is 11.8 Å². The lowest BCUT2D eigenvalue weighted by Gasteiger charge is -2.09. The molecule has 0 unspecified atom stereocenters. The van der Waals surface area contributed by atoms with E-state index in [4.69, 9.17) is 23.2 Å². The highest BCUT2D eigenvalue weighted by Crippen LogP contribution is 2.14. The highest BCUT2D eigenvalue weighted by atomic mass is 35.5. The minimum absolute atomic E-state index is 0.0269. The van der Waals surface area contributed by atoms with Crippen LogP contribution in [0.5, 0.6) is 0 Å². The molecular formula is C13H11Cl2N3O3S. The van der Waals surface area contributed by atoms with E-state index in [9.17, 15) is 13.2 Å². The van der Waals surface area contributed by atoms with Gasteiger partial charge in [-0.05, 0) is 31.2 Å². The molecule has 0 bridgehead atoms. The molecule has 1 aromatic heterocycles. The zero-order valence-electron chi connectivity index (χ0n) is 11.3. The third kappa shape index (κ3) is 4.17. The average Bonchev–Trinajstić information content (AvgIpc) is 2.44. The van der Waals surface area contributed by atoms with Crippen LogP contribution in [-0.2, 0) is 10.0 Å². The van der Waals surface area contributed by atoms with Gasteiger partial charge in [-0.2, -0.15) is 0 Å². The van der Waals surface area contributed by atoms with Crippen molar-refractivity contribution >= 4 is 39.1 Å². The van der Waals surface area contributed by atoms with E-state index in [-0.39, 0.29) is 20.8 Å². The maximum Gasteiger partial charge on any atom is 0.266 e. The van der Waals surface area contributed by atoms with Gasteiger partial charge < -0.3 is 0 Å². The summed E-state index contributed by atoms with van der Waals surface area (Å²) in [6.45, 7) is 1.84. The highest BCUT2D eigenvalue weighted by Gasteiger charge is 2.16. The van der Waals surface area contributed by atoms with Crippen molar-refractivity contribution in [2.24, 2.45) is 0 Å². The van der Waals surface area contributed by atoms with Gasteiger partial charge in [0.15, 0.2) is 0 Å². The Hall–Kier alpha value is -1.67. The van der Waals surface area contributed by atoms with Crippen LogP contribution in [0.25, 0.3) is 0 Å². The van der Waals surface area contributed by atoms with E-state index in [0.717, 1.165) is 5.56 Å². The Morgan fingerprint density at radius 2 is 1.64 bits per heavy atom. The number of carbonyl (C=O) groups is 1. The minimum atomic E-state index is -3.86. The molecule has 0 radical (unpaired) electrons. The summed E-state index contributed by atoms with van der Waals surface area (Å²) in [5, 5.41) is 0.0538.